The van der Waals surface area contributed by atoms with E-state index in [-0.39, 0.29) is 0 Å². The molecule has 2 heterocycles. The van der Waals surface area contributed by atoms with E-state index in [1.807, 2.05) is 18.5 Å². The van der Waals surface area contributed by atoms with Gasteiger partial charge >= 0.3 is 0 Å². The molecular weight excluding hydrogens is 174 g/mol. The third-order valence-electron chi connectivity index (χ3n) is 2.61. The highest BCUT2D eigenvalue weighted by atomic mass is 16.1. The molecule has 0 saturated heterocycles. The highest BCUT2D eigenvalue weighted by Crippen LogP contribution is 2.16. The number of pyridine rings is 1. The molecule has 2 rings (SSSR count). The van der Waals surface area contributed by atoms with Crippen molar-refractivity contribution in [1.82, 2.24) is 4.40 Å². The minimum Gasteiger partial charge on any atom is -0.324 e. The van der Waals surface area contributed by atoms with Crippen LogP contribution < -0.4 is 0 Å². The highest BCUT2D eigenvalue weighted by Gasteiger charge is 2.02. The van der Waals surface area contributed by atoms with Crippen molar-refractivity contribution in [2.75, 3.05) is 0 Å². The Kier molecular flexibility index (Phi) is 2.35. The summed E-state index contributed by atoms with van der Waals surface area (Å²) in [5.74, 6) is 0. The molecule has 72 valence electrons. The summed E-state index contributed by atoms with van der Waals surface area (Å²) in [4.78, 5) is 10.3. The lowest BCUT2D eigenvalue weighted by atomic mass is 10.1. The molecule has 0 fully saturated rings. The van der Waals surface area contributed by atoms with Crippen LogP contribution in [0.25, 0.3) is 5.52 Å². The van der Waals surface area contributed by atoms with Gasteiger partial charge in [0.2, 0.25) is 0 Å². The van der Waals surface area contributed by atoms with E-state index in [4.69, 9.17) is 0 Å². The van der Waals surface area contributed by atoms with Gasteiger partial charge < -0.3 is 9.20 Å². The number of aryl methyl sites for hydroxylation is 2. The lowest BCUT2D eigenvalue weighted by Gasteiger charge is -2.06. The SMILES string of the molecule is Cc1c(CCC=O)ccn2cccc12. The second-order valence-electron chi connectivity index (χ2n) is 3.47. The molecule has 0 N–H and O–H groups in total. The maximum atomic E-state index is 10.3. The zero-order chi connectivity index (χ0) is 9.97. The topological polar surface area (TPSA) is 21.5 Å². The van der Waals surface area contributed by atoms with E-state index in [9.17, 15) is 4.79 Å². The van der Waals surface area contributed by atoms with Gasteiger partial charge in [-0.25, -0.2) is 0 Å². The van der Waals surface area contributed by atoms with Gasteiger partial charge in [0.15, 0.2) is 0 Å². The van der Waals surface area contributed by atoms with E-state index < -0.39 is 0 Å². The van der Waals surface area contributed by atoms with Crippen molar-refractivity contribution in [3.8, 4) is 0 Å². The zero-order valence-electron chi connectivity index (χ0n) is 8.23. The number of aromatic nitrogens is 1. The Morgan fingerprint density at radius 2 is 2.21 bits per heavy atom. The van der Waals surface area contributed by atoms with Crippen LogP contribution in [-0.4, -0.2) is 10.7 Å². The van der Waals surface area contributed by atoms with Gasteiger partial charge in [-0.1, -0.05) is 0 Å². The predicted octanol–water partition coefficient (Wildman–Crippen LogP) is 2.38. The minimum absolute atomic E-state index is 0.609. The summed E-state index contributed by atoms with van der Waals surface area (Å²) in [5, 5.41) is 0. The number of rotatable bonds is 3. The van der Waals surface area contributed by atoms with E-state index in [1.165, 1.54) is 16.6 Å². The Morgan fingerprint density at radius 3 is 3.00 bits per heavy atom. The van der Waals surface area contributed by atoms with Crippen LogP contribution >= 0.6 is 0 Å². The molecular formula is C12H13NO. The molecule has 0 aliphatic heterocycles. The van der Waals surface area contributed by atoms with Crippen LogP contribution in [-0.2, 0) is 11.2 Å². The first-order valence-electron chi connectivity index (χ1n) is 4.81. The van der Waals surface area contributed by atoms with Crippen LogP contribution in [0.2, 0.25) is 0 Å². The van der Waals surface area contributed by atoms with Crippen LogP contribution in [0.15, 0.2) is 30.6 Å². The van der Waals surface area contributed by atoms with Gasteiger partial charge in [-0.3, -0.25) is 0 Å². The van der Waals surface area contributed by atoms with Crippen molar-refractivity contribution in [2.24, 2.45) is 0 Å². The van der Waals surface area contributed by atoms with Gasteiger partial charge in [0.05, 0.1) is 0 Å². The van der Waals surface area contributed by atoms with Crippen molar-refractivity contribution in [3.05, 3.63) is 41.7 Å². The molecule has 0 saturated carbocycles. The zero-order valence-corrected chi connectivity index (χ0v) is 8.23. The molecule has 14 heavy (non-hydrogen) atoms. The molecule has 0 amide bonds. The molecule has 0 spiro atoms. The number of carbonyl (C=O) groups excluding carboxylic acids is 1. The molecule has 0 aliphatic rings. The third kappa shape index (κ3) is 1.43. The molecule has 0 bridgehead atoms. The number of fused-ring (bicyclic) bond motifs is 1. The quantitative estimate of drug-likeness (QED) is 0.676. The van der Waals surface area contributed by atoms with Gasteiger partial charge in [-0.2, -0.15) is 0 Å². The fourth-order valence-electron chi connectivity index (χ4n) is 1.79. The molecule has 2 nitrogen and oxygen atoms in total. The number of aldehydes is 1. The number of carbonyl (C=O) groups is 1. The third-order valence-corrected chi connectivity index (χ3v) is 2.61. The maximum absolute atomic E-state index is 10.3. The first kappa shape index (κ1) is 9.00. The van der Waals surface area contributed by atoms with Crippen molar-refractivity contribution in [3.63, 3.8) is 0 Å². The lowest BCUT2D eigenvalue weighted by molar-refractivity contribution is -0.107. The first-order valence-corrected chi connectivity index (χ1v) is 4.81. The summed E-state index contributed by atoms with van der Waals surface area (Å²) in [5.41, 5.74) is 3.77. The van der Waals surface area contributed by atoms with E-state index in [0.29, 0.717) is 6.42 Å². The highest BCUT2D eigenvalue weighted by molar-refractivity contribution is 5.58. The summed E-state index contributed by atoms with van der Waals surface area (Å²) >= 11 is 0. The summed E-state index contributed by atoms with van der Waals surface area (Å²) in [7, 11) is 0. The Balaban J connectivity index is 2.45. The molecule has 0 aromatic carbocycles. The van der Waals surface area contributed by atoms with Crippen LogP contribution in [0.4, 0.5) is 0 Å². The van der Waals surface area contributed by atoms with Gasteiger partial charge in [-0.15, -0.1) is 0 Å². The fourth-order valence-corrected chi connectivity index (χ4v) is 1.79. The monoisotopic (exact) mass is 187 g/mol. The van der Waals surface area contributed by atoms with E-state index >= 15 is 0 Å². The molecule has 2 aromatic heterocycles. The van der Waals surface area contributed by atoms with E-state index in [0.717, 1.165) is 12.7 Å². The second kappa shape index (κ2) is 3.66. The molecule has 0 atom stereocenters. The predicted molar refractivity (Wildman–Crippen MR) is 56.5 cm³/mol. The van der Waals surface area contributed by atoms with Crippen molar-refractivity contribution < 1.29 is 4.79 Å². The van der Waals surface area contributed by atoms with E-state index in [2.05, 4.69) is 23.5 Å². The Hall–Kier alpha value is -1.57. The normalized spacial score (nSPS) is 10.6. The van der Waals surface area contributed by atoms with Gasteiger partial charge in [-0.05, 0) is 42.7 Å². The lowest BCUT2D eigenvalue weighted by Crippen LogP contribution is -1.94. The van der Waals surface area contributed by atoms with Crippen LogP contribution in [0, 0.1) is 6.92 Å². The smallest absolute Gasteiger partial charge is 0.120 e. The number of hydrogen-bond donors (Lipinski definition) is 0. The average molecular weight is 187 g/mol. The summed E-state index contributed by atoms with van der Waals surface area (Å²) in [6, 6.07) is 6.22. The van der Waals surface area contributed by atoms with Crippen LogP contribution in [0.3, 0.4) is 0 Å². The first-order chi connectivity index (χ1) is 6.83. The molecule has 0 radical (unpaired) electrons. The van der Waals surface area contributed by atoms with Crippen molar-refractivity contribution >= 4 is 11.8 Å². The summed E-state index contributed by atoms with van der Waals surface area (Å²) in [6.45, 7) is 2.11. The van der Waals surface area contributed by atoms with Crippen LogP contribution in [0.5, 0.6) is 0 Å². The molecule has 2 heteroatoms. The van der Waals surface area contributed by atoms with Gasteiger partial charge in [0, 0.05) is 24.3 Å². The van der Waals surface area contributed by atoms with Crippen molar-refractivity contribution in [2.45, 2.75) is 19.8 Å². The largest absolute Gasteiger partial charge is 0.324 e. The van der Waals surface area contributed by atoms with E-state index in [1.54, 1.807) is 0 Å². The second-order valence-corrected chi connectivity index (χ2v) is 3.47. The summed E-state index contributed by atoms with van der Waals surface area (Å²) in [6.07, 6.45) is 6.50. The fraction of sp³-hybridized carbons (Fsp3) is 0.250. The number of hydrogen-bond acceptors (Lipinski definition) is 1. The molecule has 0 aliphatic carbocycles. The summed E-state index contributed by atoms with van der Waals surface area (Å²) < 4.78 is 2.10. The standard InChI is InChI=1S/C12H13NO/c1-10-11(4-3-9-14)6-8-13-7-2-5-12(10)13/h2,5-9H,3-4H2,1H3. The molecule has 2 aromatic rings. The Labute approximate surface area is 83.2 Å². The van der Waals surface area contributed by atoms with Crippen LogP contribution in [0.1, 0.15) is 17.5 Å². The Bertz CT molecular complexity index is 456. The van der Waals surface area contributed by atoms with Gasteiger partial charge in [0.25, 0.3) is 0 Å². The van der Waals surface area contributed by atoms with Gasteiger partial charge in [0.1, 0.15) is 6.29 Å². The Morgan fingerprint density at radius 1 is 1.36 bits per heavy atom. The maximum Gasteiger partial charge on any atom is 0.120 e. The minimum atomic E-state index is 0.609. The molecule has 0 unspecified atom stereocenters. The van der Waals surface area contributed by atoms with Crippen molar-refractivity contribution in [1.29, 1.82) is 0 Å². The number of nitrogens with zero attached hydrogens (tertiary/aromatic N) is 1. The average Bonchev–Trinajstić information content (AvgIpc) is 2.66.